The minimum atomic E-state index is -0.497. The van der Waals surface area contributed by atoms with E-state index in [2.05, 4.69) is 5.43 Å². The lowest BCUT2D eigenvalue weighted by atomic mass is 10.1. The highest BCUT2D eigenvalue weighted by atomic mass is 16.3. The number of nitroso groups, excluding NO2 is 1. The van der Waals surface area contributed by atoms with Crippen molar-refractivity contribution in [2.75, 3.05) is 5.01 Å². The fraction of sp³-hybridized carbons (Fsp3) is 0.0909. The van der Waals surface area contributed by atoms with Gasteiger partial charge in [0.1, 0.15) is 17.1 Å². The van der Waals surface area contributed by atoms with E-state index in [4.69, 9.17) is 4.42 Å². The fourth-order valence-corrected chi connectivity index (χ4v) is 3.07. The molecule has 1 fully saturated rings. The predicted octanol–water partition coefficient (Wildman–Crippen LogP) is 2.33. The normalized spacial score (nSPS) is 14.6. The summed E-state index contributed by atoms with van der Waals surface area (Å²) in [5.74, 6) is -0.0655. The quantitative estimate of drug-likeness (QED) is 0.509. The number of rotatable bonds is 4. The second-order valence-corrected chi connectivity index (χ2v) is 6.79. The molecule has 1 aliphatic heterocycles. The van der Waals surface area contributed by atoms with Crippen molar-refractivity contribution in [2.24, 2.45) is 0 Å². The number of anilines is 1. The van der Waals surface area contributed by atoms with Crippen LogP contribution in [0.2, 0.25) is 0 Å². The maximum atomic E-state index is 12.8. The third-order valence-corrected chi connectivity index (χ3v) is 4.82. The zero-order valence-corrected chi connectivity index (χ0v) is 16.3. The number of benzene rings is 2. The van der Waals surface area contributed by atoms with Crippen molar-refractivity contribution < 1.29 is 24.7 Å². The molecule has 8 heteroatoms. The largest absolute Gasteiger partial charge is 0.870 e. The summed E-state index contributed by atoms with van der Waals surface area (Å²) in [6.07, 6.45) is 1.41. The molecule has 1 saturated heterocycles. The van der Waals surface area contributed by atoms with Gasteiger partial charge in [0.25, 0.3) is 17.5 Å². The highest BCUT2D eigenvalue weighted by Crippen LogP contribution is 2.27. The Balaban J connectivity index is 0.00000256. The molecule has 30 heavy (non-hydrogen) atoms. The molecule has 0 atom stereocenters. The summed E-state index contributed by atoms with van der Waals surface area (Å²) in [6.45, 7) is 3.92. The van der Waals surface area contributed by atoms with E-state index in [9.17, 15) is 14.5 Å². The van der Waals surface area contributed by atoms with Gasteiger partial charge in [-0.2, -0.15) is 0 Å². The van der Waals surface area contributed by atoms with Gasteiger partial charge in [-0.1, -0.05) is 18.2 Å². The van der Waals surface area contributed by atoms with Crippen molar-refractivity contribution in [3.8, 4) is 11.3 Å². The first-order chi connectivity index (χ1) is 14.0. The number of hydrazine groups is 1. The molecule has 0 radical (unpaired) electrons. The molecule has 0 aliphatic carbocycles. The molecule has 0 bridgehead atoms. The average molecular weight is 405 g/mol. The third-order valence-electron chi connectivity index (χ3n) is 4.82. The Bertz CT molecular complexity index is 1180. The number of carbonyl (C=O) groups excluding carboxylic acids is 2. The number of hydrogen-bond donors (Lipinski definition) is 2. The molecule has 1 aromatic heterocycles. The van der Waals surface area contributed by atoms with Crippen LogP contribution in [0.3, 0.4) is 0 Å². The zero-order chi connectivity index (χ0) is 20.5. The minimum Gasteiger partial charge on any atom is -0.870 e. The molecule has 0 unspecified atom stereocenters. The maximum absolute atomic E-state index is 12.8. The van der Waals surface area contributed by atoms with Crippen molar-refractivity contribution in [1.82, 2.24) is 5.43 Å². The summed E-state index contributed by atoms with van der Waals surface area (Å²) in [4.78, 5) is 36.0. The van der Waals surface area contributed by atoms with Crippen LogP contribution in [0.15, 0.2) is 64.6 Å². The SMILES string of the molecule is Cc1ccc(N2NC(=O)/C(=C/c3ccc(-c4cccc([NH+]=O)c4)o3)C2=O)cc1C.[OH-]. The number of nitrogens with zero attached hydrogens (tertiary/aromatic N) is 1. The Morgan fingerprint density at radius 1 is 1.00 bits per heavy atom. The summed E-state index contributed by atoms with van der Waals surface area (Å²) in [5.41, 5.74) is 6.40. The van der Waals surface area contributed by atoms with Crippen LogP contribution in [0.1, 0.15) is 16.9 Å². The van der Waals surface area contributed by atoms with Crippen molar-refractivity contribution >= 4 is 29.3 Å². The van der Waals surface area contributed by atoms with E-state index in [1.165, 1.54) is 11.1 Å². The van der Waals surface area contributed by atoms with E-state index in [0.29, 0.717) is 28.5 Å². The molecule has 3 aromatic rings. The Labute approximate surface area is 172 Å². The number of carbonyl (C=O) groups is 2. The van der Waals surface area contributed by atoms with E-state index in [1.807, 2.05) is 31.2 Å². The summed E-state index contributed by atoms with van der Waals surface area (Å²) in [7, 11) is 0. The van der Waals surface area contributed by atoms with Gasteiger partial charge >= 0.3 is 0 Å². The van der Waals surface area contributed by atoms with E-state index in [1.54, 1.807) is 42.5 Å². The Hall–Kier alpha value is -4.04. The molecule has 0 spiro atoms. The Morgan fingerprint density at radius 2 is 1.80 bits per heavy atom. The summed E-state index contributed by atoms with van der Waals surface area (Å²) >= 11 is 0. The van der Waals surface area contributed by atoms with Crippen molar-refractivity contribution in [3.63, 3.8) is 0 Å². The number of aryl methyl sites for hydroxylation is 2. The van der Waals surface area contributed by atoms with Crippen LogP contribution in [-0.4, -0.2) is 17.3 Å². The Kier molecular flexibility index (Phi) is 5.61. The smallest absolute Gasteiger partial charge is 0.282 e. The number of amides is 2. The lowest BCUT2D eigenvalue weighted by Gasteiger charge is -2.15. The second-order valence-electron chi connectivity index (χ2n) is 6.79. The van der Waals surface area contributed by atoms with Crippen LogP contribution in [0, 0.1) is 18.8 Å². The summed E-state index contributed by atoms with van der Waals surface area (Å²) in [5, 5.41) is 3.07. The Morgan fingerprint density at radius 3 is 2.53 bits per heavy atom. The third kappa shape index (κ3) is 3.76. The second kappa shape index (κ2) is 8.14. The molecule has 152 valence electrons. The van der Waals surface area contributed by atoms with Crippen LogP contribution in [-0.2, 0) is 9.59 Å². The molecule has 3 N–H and O–H groups in total. The van der Waals surface area contributed by atoms with Gasteiger partial charge in [0.2, 0.25) is 0 Å². The van der Waals surface area contributed by atoms with Gasteiger partial charge in [0.15, 0.2) is 0 Å². The van der Waals surface area contributed by atoms with E-state index in [0.717, 1.165) is 11.1 Å². The molecular weight excluding hydrogens is 386 g/mol. The molecule has 8 nitrogen and oxygen atoms in total. The predicted molar refractivity (Wildman–Crippen MR) is 110 cm³/mol. The minimum absolute atomic E-state index is 0. The van der Waals surface area contributed by atoms with Gasteiger partial charge in [0, 0.05) is 27.8 Å². The van der Waals surface area contributed by atoms with E-state index < -0.39 is 11.8 Å². The summed E-state index contributed by atoms with van der Waals surface area (Å²) in [6, 6.07) is 15.7. The fourth-order valence-electron chi connectivity index (χ4n) is 3.07. The standard InChI is InChI=1S/C22H17N3O4.H2O/c1-13-6-7-17(10-14(13)2)25-22(27)19(21(26)23-25)12-18-8-9-20(29-18)15-4-3-5-16(11-15)24-28;/h3-12H,1-2H3,(H,23,26);1H2/b19-12-;. The van der Waals surface area contributed by atoms with Gasteiger partial charge in [-0.25, -0.2) is 5.01 Å². The van der Waals surface area contributed by atoms with Gasteiger partial charge in [0.05, 0.1) is 5.69 Å². The first-order valence-electron chi connectivity index (χ1n) is 8.99. The van der Waals surface area contributed by atoms with Gasteiger partial charge in [-0.15, -0.1) is 0 Å². The molecule has 1 aliphatic rings. The number of furan rings is 1. The molecule has 2 amide bonds. The molecule has 0 saturated carbocycles. The molecule has 2 aromatic carbocycles. The van der Waals surface area contributed by atoms with Crippen molar-refractivity contribution in [3.05, 3.63) is 82.0 Å². The van der Waals surface area contributed by atoms with Gasteiger partial charge in [-0.05, 0) is 55.3 Å². The first-order valence-corrected chi connectivity index (χ1v) is 8.99. The monoisotopic (exact) mass is 405 g/mol. The highest BCUT2D eigenvalue weighted by molar-refractivity contribution is 6.31. The van der Waals surface area contributed by atoms with Crippen LogP contribution in [0.25, 0.3) is 17.4 Å². The number of hydrogen-bond acceptors (Lipinski definition) is 5. The lowest BCUT2D eigenvalue weighted by Crippen LogP contribution is -2.55. The van der Waals surface area contributed by atoms with Gasteiger partial charge < -0.3 is 9.89 Å². The zero-order valence-electron chi connectivity index (χ0n) is 16.3. The van der Waals surface area contributed by atoms with E-state index >= 15 is 0 Å². The van der Waals surface area contributed by atoms with Gasteiger partial charge in [-0.3, -0.25) is 15.0 Å². The topological polar surface area (TPSA) is 124 Å². The highest BCUT2D eigenvalue weighted by Gasteiger charge is 2.34. The molecular formula is C22H19N3O5. The van der Waals surface area contributed by atoms with Crippen LogP contribution < -0.4 is 15.6 Å². The van der Waals surface area contributed by atoms with E-state index in [-0.39, 0.29) is 11.0 Å². The average Bonchev–Trinajstić information content (AvgIpc) is 3.30. The maximum Gasteiger partial charge on any atom is 0.282 e. The molecule has 2 heterocycles. The first kappa shape index (κ1) is 20.7. The van der Waals surface area contributed by atoms with Crippen LogP contribution in [0.5, 0.6) is 0 Å². The molecule has 4 rings (SSSR count). The van der Waals surface area contributed by atoms with Crippen LogP contribution >= 0.6 is 0 Å². The van der Waals surface area contributed by atoms with Crippen molar-refractivity contribution in [1.29, 1.82) is 0 Å². The summed E-state index contributed by atoms with van der Waals surface area (Å²) < 4.78 is 5.75. The number of nitrogens with one attached hydrogen (secondary N) is 2. The van der Waals surface area contributed by atoms with Crippen molar-refractivity contribution in [2.45, 2.75) is 13.8 Å². The lowest BCUT2D eigenvalue weighted by molar-refractivity contribution is -0.379. The van der Waals surface area contributed by atoms with Crippen LogP contribution in [0.4, 0.5) is 11.4 Å².